The Morgan fingerprint density at radius 3 is 2.71 bits per heavy atom. The lowest BCUT2D eigenvalue weighted by molar-refractivity contribution is 0.617. The third kappa shape index (κ3) is 2.64. The van der Waals surface area contributed by atoms with Gasteiger partial charge in [0.15, 0.2) is 0 Å². The van der Waals surface area contributed by atoms with Gasteiger partial charge >= 0.3 is 0 Å². The zero-order chi connectivity index (χ0) is 10.6. The highest BCUT2D eigenvalue weighted by Gasteiger charge is 2.01. The first-order valence-electron chi connectivity index (χ1n) is 4.40. The number of rotatable bonds is 3. The molecule has 1 aromatic rings. The third-order valence-electron chi connectivity index (χ3n) is 2.07. The smallest absolute Gasteiger partial charge is 0.126 e. The van der Waals surface area contributed by atoms with Gasteiger partial charge in [0.05, 0.1) is 6.33 Å². The van der Waals surface area contributed by atoms with E-state index in [-0.39, 0.29) is 12.4 Å². The third-order valence-corrected chi connectivity index (χ3v) is 2.07. The van der Waals surface area contributed by atoms with Crippen molar-refractivity contribution in [3.63, 3.8) is 0 Å². The Balaban J connectivity index is 2.82. The van der Waals surface area contributed by atoms with Crippen LogP contribution in [0.5, 0.6) is 0 Å². The van der Waals surface area contributed by atoms with E-state index in [1.54, 1.807) is 19.1 Å². The minimum absolute atomic E-state index is 0.187. The first kappa shape index (κ1) is 10.9. The molecular weight excluding hydrogens is 184 g/mol. The fraction of sp³-hybridized carbons (Fsp3) is 0.273. The summed E-state index contributed by atoms with van der Waals surface area (Å²) in [7, 11) is 0. The van der Waals surface area contributed by atoms with E-state index in [1.165, 1.54) is 6.07 Å². The molecule has 0 aliphatic rings. The zero-order valence-electron chi connectivity index (χ0n) is 8.06. The molecule has 14 heavy (non-hydrogen) atoms. The second kappa shape index (κ2) is 4.86. The zero-order valence-corrected chi connectivity index (χ0v) is 8.06. The Morgan fingerprint density at radius 1 is 1.50 bits per heavy atom. The molecule has 0 atom stereocenters. The van der Waals surface area contributed by atoms with Crippen molar-refractivity contribution in [3.05, 3.63) is 47.0 Å². The van der Waals surface area contributed by atoms with Crippen molar-refractivity contribution in [2.24, 2.45) is 5.73 Å². The fourth-order valence-corrected chi connectivity index (χ4v) is 1.23. The van der Waals surface area contributed by atoms with Gasteiger partial charge in [-0.3, -0.25) is 0 Å². The molecular formula is C11H13F2N. The Hall–Kier alpha value is -1.22. The molecule has 3 heteroatoms. The van der Waals surface area contributed by atoms with Crippen LogP contribution >= 0.6 is 0 Å². The van der Waals surface area contributed by atoms with E-state index in [9.17, 15) is 8.78 Å². The molecule has 0 heterocycles. The maximum atomic E-state index is 12.9. The minimum Gasteiger partial charge on any atom is -0.327 e. The molecule has 1 aromatic carbocycles. The standard InChI is InChI=1S/C11H13F2N/c1-8-4-9(2-3-11(8)13)5-10(6-12)7-14/h2-4,6H,5,7,14H2,1H3/b10-6+. The van der Waals surface area contributed by atoms with Gasteiger partial charge in [0, 0.05) is 6.54 Å². The Bertz CT molecular complexity index is 345. The summed E-state index contributed by atoms with van der Waals surface area (Å²) >= 11 is 0. The van der Waals surface area contributed by atoms with E-state index in [0.29, 0.717) is 23.9 Å². The topological polar surface area (TPSA) is 26.0 Å². The first-order chi connectivity index (χ1) is 6.67. The molecule has 1 rings (SSSR count). The van der Waals surface area contributed by atoms with E-state index in [2.05, 4.69) is 0 Å². The Morgan fingerprint density at radius 2 is 2.21 bits per heavy atom. The van der Waals surface area contributed by atoms with Gasteiger partial charge in [-0.1, -0.05) is 12.1 Å². The van der Waals surface area contributed by atoms with E-state index in [1.807, 2.05) is 0 Å². The van der Waals surface area contributed by atoms with Crippen molar-refractivity contribution in [2.75, 3.05) is 6.54 Å². The summed E-state index contributed by atoms with van der Waals surface area (Å²) in [6.45, 7) is 1.87. The highest BCUT2D eigenvalue weighted by molar-refractivity contribution is 5.27. The SMILES string of the molecule is Cc1cc(C/C(=C\F)CN)ccc1F. The summed E-state index contributed by atoms with van der Waals surface area (Å²) in [5.74, 6) is -0.243. The maximum absolute atomic E-state index is 12.9. The van der Waals surface area contributed by atoms with Crippen molar-refractivity contribution in [3.8, 4) is 0 Å². The molecule has 0 saturated carbocycles. The van der Waals surface area contributed by atoms with Crippen LogP contribution in [-0.4, -0.2) is 6.54 Å². The van der Waals surface area contributed by atoms with Crippen LogP contribution in [0.3, 0.4) is 0 Å². The van der Waals surface area contributed by atoms with Gasteiger partial charge in [0.1, 0.15) is 5.82 Å². The number of halogens is 2. The molecule has 0 spiro atoms. The van der Waals surface area contributed by atoms with Gasteiger partial charge in [-0.05, 0) is 36.1 Å². The van der Waals surface area contributed by atoms with Gasteiger partial charge in [0.25, 0.3) is 0 Å². The summed E-state index contributed by atoms with van der Waals surface area (Å²) in [6.07, 6.45) is 0.951. The number of hydrogen-bond acceptors (Lipinski definition) is 1. The number of aryl methyl sites for hydroxylation is 1. The Kier molecular flexibility index (Phi) is 3.77. The highest BCUT2D eigenvalue weighted by atomic mass is 19.1. The van der Waals surface area contributed by atoms with Crippen LogP contribution in [0.2, 0.25) is 0 Å². The van der Waals surface area contributed by atoms with Crippen LogP contribution in [0, 0.1) is 12.7 Å². The van der Waals surface area contributed by atoms with E-state index in [4.69, 9.17) is 5.73 Å². The van der Waals surface area contributed by atoms with Gasteiger partial charge in [0.2, 0.25) is 0 Å². The maximum Gasteiger partial charge on any atom is 0.126 e. The molecule has 0 aliphatic heterocycles. The summed E-state index contributed by atoms with van der Waals surface area (Å²) in [5.41, 5.74) is 7.27. The second-order valence-corrected chi connectivity index (χ2v) is 3.23. The predicted octanol–water partition coefficient (Wildman–Crippen LogP) is 2.49. The summed E-state index contributed by atoms with van der Waals surface area (Å²) in [5, 5.41) is 0. The predicted molar refractivity (Wildman–Crippen MR) is 53.1 cm³/mol. The molecule has 0 amide bonds. The molecule has 1 nitrogen and oxygen atoms in total. The van der Waals surface area contributed by atoms with Crippen LogP contribution in [-0.2, 0) is 6.42 Å². The van der Waals surface area contributed by atoms with E-state index < -0.39 is 0 Å². The number of nitrogens with two attached hydrogens (primary N) is 1. The van der Waals surface area contributed by atoms with Crippen LogP contribution < -0.4 is 5.73 Å². The summed E-state index contributed by atoms with van der Waals surface area (Å²) in [4.78, 5) is 0. The van der Waals surface area contributed by atoms with Gasteiger partial charge < -0.3 is 5.73 Å². The molecule has 0 radical (unpaired) electrons. The molecule has 0 unspecified atom stereocenters. The van der Waals surface area contributed by atoms with Crippen molar-refractivity contribution < 1.29 is 8.78 Å². The van der Waals surface area contributed by atoms with E-state index in [0.717, 1.165) is 5.56 Å². The van der Waals surface area contributed by atoms with Gasteiger partial charge in [-0.25, -0.2) is 8.78 Å². The summed E-state index contributed by atoms with van der Waals surface area (Å²) in [6, 6.07) is 4.73. The molecule has 2 N–H and O–H groups in total. The first-order valence-corrected chi connectivity index (χ1v) is 4.40. The molecule has 76 valence electrons. The molecule has 0 aliphatic carbocycles. The van der Waals surface area contributed by atoms with Crippen molar-refractivity contribution >= 4 is 0 Å². The lowest BCUT2D eigenvalue weighted by atomic mass is 10.0. The van der Waals surface area contributed by atoms with Crippen LogP contribution in [0.15, 0.2) is 30.1 Å². The van der Waals surface area contributed by atoms with E-state index >= 15 is 0 Å². The largest absolute Gasteiger partial charge is 0.327 e. The molecule has 0 saturated heterocycles. The average Bonchev–Trinajstić information content (AvgIpc) is 2.19. The quantitative estimate of drug-likeness (QED) is 0.791. The van der Waals surface area contributed by atoms with Crippen molar-refractivity contribution in [1.82, 2.24) is 0 Å². The lowest BCUT2D eigenvalue weighted by Gasteiger charge is -2.04. The van der Waals surface area contributed by atoms with Crippen LogP contribution in [0.1, 0.15) is 11.1 Å². The molecule has 0 fully saturated rings. The van der Waals surface area contributed by atoms with Crippen LogP contribution in [0.25, 0.3) is 0 Å². The fourth-order valence-electron chi connectivity index (χ4n) is 1.23. The average molecular weight is 197 g/mol. The second-order valence-electron chi connectivity index (χ2n) is 3.23. The molecule has 0 aromatic heterocycles. The minimum atomic E-state index is -0.243. The normalized spacial score (nSPS) is 11.9. The monoisotopic (exact) mass is 197 g/mol. The Labute approximate surface area is 82.2 Å². The molecule has 0 bridgehead atoms. The van der Waals surface area contributed by atoms with Gasteiger partial charge in [-0.2, -0.15) is 0 Å². The van der Waals surface area contributed by atoms with Crippen molar-refractivity contribution in [2.45, 2.75) is 13.3 Å². The lowest BCUT2D eigenvalue weighted by Crippen LogP contribution is -2.05. The number of hydrogen-bond donors (Lipinski definition) is 1. The van der Waals surface area contributed by atoms with Gasteiger partial charge in [-0.15, -0.1) is 0 Å². The van der Waals surface area contributed by atoms with Crippen LogP contribution in [0.4, 0.5) is 8.78 Å². The van der Waals surface area contributed by atoms with Crippen molar-refractivity contribution in [1.29, 1.82) is 0 Å². The number of benzene rings is 1. The summed E-state index contributed by atoms with van der Waals surface area (Å²) < 4.78 is 25.1. The highest BCUT2D eigenvalue weighted by Crippen LogP contribution is 2.12.